The minimum Gasteiger partial charge on any atom is -0.306 e. The summed E-state index contributed by atoms with van der Waals surface area (Å²) in [6.07, 6.45) is 0.513. The second-order valence-corrected chi connectivity index (χ2v) is 11.4. The zero-order chi connectivity index (χ0) is 20.9. The maximum Gasteiger partial charge on any atom is 0.266 e. The topological polar surface area (TPSA) is 98.9 Å². The Morgan fingerprint density at radius 3 is 2.72 bits per heavy atom. The van der Waals surface area contributed by atoms with Gasteiger partial charge in [0.1, 0.15) is 10.6 Å². The first kappa shape index (κ1) is 20.1. The van der Waals surface area contributed by atoms with Gasteiger partial charge in [0.2, 0.25) is 0 Å². The molecule has 1 atom stereocenters. The molecule has 3 aromatic heterocycles. The molecule has 4 heterocycles. The van der Waals surface area contributed by atoms with Crippen molar-refractivity contribution in [1.82, 2.24) is 19.6 Å². The third-order valence-corrected chi connectivity index (χ3v) is 7.92. The van der Waals surface area contributed by atoms with Gasteiger partial charge in [0.05, 0.1) is 33.8 Å². The number of anilines is 1. The van der Waals surface area contributed by atoms with Crippen molar-refractivity contribution in [2.75, 3.05) is 16.8 Å². The predicted octanol–water partition coefficient (Wildman–Crippen LogP) is 3.18. The van der Waals surface area contributed by atoms with Crippen LogP contribution in [0.15, 0.2) is 12.1 Å². The Labute approximate surface area is 173 Å². The smallest absolute Gasteiger partial charge is 0.266 e. The molecule has 1 fully saturated rings. The standard InChI is InChI=1S/C19H25N5O3S2/c1-11(2)9-23-19-15(13(4)22-23)8-16(28-19)18(25)20-17-7-12(3)21-24(17)14-5-6-29(26,27)10-14/h7-8,11,14H,5-6,9-10H2,1-4H3,(H,20,25)/t14-/m1/s1. The Morgan fingerprint density at radius 2 is 2.07 bits per heavy atom. The van der Waals surface area contributed by atoms with E-state index < -0.39 is 9.84 Å². The molecule has 0 aromatic carbocycles. The van der Waals surface area contributed by atoms with Crippen molar-refractivity contribution in [3.05, 3.63) is 28.4 Å². The lowest BCUT2D eigenvalue weighted by molar-refractivity contribution is 0.102. The number of hydrogen-bond donors (Lipinski definition) is 1. The summed E-state index contributed by atoms with van der Waals surface area (Å²) in [5.74, 6) is 0.990. The number of nitrogens with one attached hydrogen (secondary N) is 1. The highest BCUT2D eigenvalue weighted by Gasteiger charge is 2.31. The molecule has 1 aliphatic heterocycles. The fourth-order valence-electron chi connectivity index (χ4n) is 3.73. The molecule has 0 bridgehead atoms. The van der Waals surface area contributed by atoms with Crippen molar-refractivity contribution in [3.8, 4) is 0 Å². The van der Waals surface area contributed by atoms with Crippen LogP contribution in [0.3, 0.4) is 0 Å². The van der Waals surface area contributed by atoms with Gasteiger partial charge in [-0.15, -0.1) is 11.3 Å². The average Bonchev–Trinajstić information content (AvgIpc) is 3.34. The van der Waals surface area contributed by atoms with E-state index in [0.29, 0.717) is 23.0 Å². The molecule has 1 aliphatic rings. The highest BCUT2D eigenvalue weighted by Crippen LogP contribution is 2.31. The summed E-state index contributed by atoms with van der Waals surface area (Å²) in [5.41, 5.74) is 1.65. The van der Waals surface area contributed by atoms with Crippen LogP contribution in [-0.4, -0.2) is 45.4 Å². The number of nitrogens with zero attached hydrogens (tertiary/aromatic N) is 4. The minimum atomic E-state index is -3.04. The zero-order valence-corrected chi connectivity index (χ0v) is 18.6. The van der Waals surface area contributed by atoms with E-state index >= 15 is 0 Å². The average molecular weight is 436 g/mol. The quantitative estimate of drug-likeness (QED) is 0.664. The van der Waals surface area contributed by atoms with Crippen molar-refractivity contribution in [2.24, 2.45) is 5.92 Å². The van der Waals surface area contributed by atoms with Gasteiger partial charge in [-0.2, -0.15) is 10.2 Å². The van der Waals surface area contributed by atoms with Crippen LogP contribution < -0.4 is 5.32 Å². The van der Waals surface area contributed by atoms with E-state index in [0.717, 1.165) is 28.1 Å². The molecule has 8 nitrogen and oxygen atoms in total. The Kier molecular flexibility index (Phi) is 5.02. The van der Waals surface area contributed by atoms with Crippen molar-refractivity contribution >= 4 is 43.1 Å². The molecule has 4 rings (SSSR count). The molecule has 0 radical (unpaired) electrons. The Balaban J connectivity index is 1.60. The second kappa shape index (κ2) is 7.24. The predicted molar refractivity (Wildman–Crippen MR) is 114 cm³/mol. The highest BCUT2D eigenvalue weighted by molar-refractivity contribution is 7.91. The van der Waals surface area contributed by atoms with Crippen molar-refractivity contribution < 1.29 is 13.2 Å². The van der Waals surface area contributed by atoms with Gasteiger partial charge in [-0.05, 0) is 32.3 Å². The van der Waals surface area contributed by atoms with Gasteiger partial charge in [-0.25, -0.2) is 13.1 Å². The number of aromatic nitrogens is 4. The number of fused-ring (bicyclic) bond motifs is 1. The summed E-state index contributed by atoms with van der Waals surface area (Å²) in [6.45, 7) is 8.85. The van der Waals surface area contributed by atoms with Crippen LogP contribution in [0.25, 0.3) is 10.2 Å². The van der Waals surface area contributed by atoms with E-state index in [1.165, 1.54) is 11.3 Å². The molecule has 0 unspecified atom stereocenters. The van der Waals surface area contributed by atoms with Crippen LogP contribution in [0.2, 0.25) is 0 Å². The summed E-state index contributed by atoms with van der Waals surface area (Å²) < 4.78 is 27.3. The molecule has 0 spiro atoms. The number of carbonyl (C=O) groups is 1. The minimum absolute atomic E-state index is 0.0596. The van der Waals surface area contributed by atoms with E-state index in [9.17, 15) is 13.2 Å². The van der Waals surface area contributed by atoms with Gasteiger partial charge in [-0.1, -0.05) is 13.8 Å². The summed E-state index contributed by atoms with van der Waals surface area (Å²) >= 11 is 1.42. The van der Waals surface area contributed by atoms with Crippen LogP contribution in [-0.2, 0) is 16.4 Å². The SMILES string of the molecule is Cc1cc(NC(=O)c2cc3c(C)nn(CC(C)C)c3s2)n([C@@H]2CCS(=O)(=O)C2)n1. The van der Waals surface area contributed by atoms with E-state index in [4.69, 9.17) is 0 Å². The summed E-state index contributed by atoms with van der Waals surface area (Å²) in [5, 5.41) is 12.9. The second-order valence-electron chi connectivity index (χ2n) is 8.12. The monoisotopic (exact) mass is 435 g/mol. The Hall–Kier alpha value is -2.20. The van der Waals surface area contributed by atoms with E-state index in [-0.39, 0.29) is 23.5 Å². The summed E-state index contributed by atoms with van der Waals surface area (Å²) in [7, 11) is -3.04. The van der Waals surface area contributed by atoms with Crippen LogP contribution in [0.4, 0.5) is 5.82 Å². The van der Waals surface area contributed by atoms with Gasteiger partial charge in [0.15, 0.2) is 9.84 Å². The van der Waals surface area contributed by atoms with Crippen LogP contribution >= 0.6 is 11.3 Å². The Morgan fingerprint density at radius 1 is 1.31 bits per heavy atom. The third-order valence-electron chi connectivity index (χ3n) is 5.02. The van der Waals surface area contributed by atoms with E-state index in [1.54, 1.807) is 10.7 Å². The lowest BCUT2D eigenvalue weighted by Gasteiger charge is -2.13. The normalized spacial score (nSPS) is 18.7. The molecule has 29 heavy (non-hydrogen) atoms. The molecular weight excluding hydrogens is 410 g/mol. The van der Waals surface area contributed by atoms with Gasteiger partial charge in [-0.3, -0.25) is 9.48 Å². The van der Waals surface area contributed by atoms with Crippen molar-refractivity contribution in [1.29, 1.82) is 0 Å². The molecule has 156 valence electrons. The fraction of sp³-hybridized carbons (Fsp3) is 0.526. The fourth-order valence-corrected chi connectivity index (χ4v) is 6.49. The first-order chi connectivity index (χ1) is 13.6. The number of hydrogen-bond acceptors (Lipinski definition) is 6. The maximum absolute atomic E-state index is 12.9. The number of aryl methyl sites for hydroxylation is 2. The van der Waals surface area contributed by atoms with Crippen molar-refractivity contribution in [3.63, 3.8) is 0 Å². The van der Waals surface area contributed by atoms with Gasteiger partial charge >= 0.3 is 0 Å². The first-order valence-electron chi connectivity index (χ1n) is 9.68. The van der Waals surface area contributed by atoms with Crippen LogP contribution in [0.5, 0.6) is 0 Å². The third kappa shape index (κ3) is 3.95. The molecule has 3 aromatic rings. The molecule has 0 saturated carbocycles. The number of thiophene rings is 1. The first-order valence-corrected chi connectivity index (χ1v) is 12.3. The summed E-state index contributed by atoms with van der Waals surface area (Å²) in [4.78, 5) is 14.5. The lowest BCUT2D eigenvalue weighted by atomic mass is 10.2. The van der Waals surface area contributed by atoms with Gasteiger partial charge in [0.25, 0.3) is 5.91 Å². The maximum atomic E-state index is 12.9. The van der Waals surface area contributed by atoms with Crippen molar-refractivity contribution in [2.45, 2.75) is 46.7 Å². The number of amides is 1. The van der Waals surface area contributed by atoms with E-state index in [1.807, 2.05) is 24.6 Å². The molecule has 1 N–H and O–H groups in total. The molecule has 10 heteroatoms. The van der Waals surface area contributed by atoms with Crippen LogP contribution in [0.1, 0.15) is 47.4 Å². The summed E-state index contributed by atoms with van der Waals surface area (Å²) in [6, 6.07) is 3.41. The van der Waals surface area contributed by atoms with Crippen LogP contribution in [0, 0.1) is 19.8 Å². The number of sulfone groups is 1. The molecule has 1 amide bonds. The Bertz CT molecular complexity index is 1190. The molecule has 1 saturated heterocycles. The van der Waals surface area contributed by atoms with E-state index in [2.05, 4.69) is 29.4 Å². The largest absolute Gasteiger partial charge is 0.306 e. The highest BCUT2D eigenvalue weighted by atomic mass is 32.2. The van der Waals surface area contributed by atoms with Gasteiger partial charge < -0.3 is 5.32 Å². The zero-order valence-electron chi connectivity index (χ0n) is 17.0. The molecular formula is C19H25N5O3S2. The molecule has 0 aliphatic carbocycles. The number of carbonyl (C=O) groups excluding carboxylic acids is 1. The van der Waals surface area contributed by atoms with Gasteiger partial charge in [0, 0.05) is 18.0 Å². The lowest BCUT2D eigenvalue weighted by Crippen LogP contribution is -2.19. The number of rotatable bonds is 5.